The molecule has 96 valence electrons. The van der Waals surface area contributed by atoms with Gasteiger partial charge in [-0.15, -0.1) is 0 Å². The Balaban J connectivity index is 2.41. The van der Waals surface area contributed by atoms with Crippen LogP contribution in [-0.4, -0.2) is 36.6 Å². The van der Waals surface area contributed by atoms with Crippen molar-refractivity contribution in [3.8, 4) is 0 Å². The van der Waals surface area contributed by atoms with E-state index in [1.54, 1.807) is 0 Å². The minimum Gasteiger partial charge on any atom is -0.315 e. The lowest BCUT2D eigenvalue weighted by Gasteiger charge is -2.34. The summed E-state index contributed by atoms with van der Waals surface area (Å²) in [6.07, 6.45) is 2.77. The summed E-state index contributed by atoms with van der Waals surface area (Å²) in [6, 6.07) is 1.50. The topological polar surface area (TPSA) is 15.3 Å². The van der Waals surface area contributed by atoms with Crippen molar-refractivity contribution in [1.82, 2.24) is 10.2 Å². The quantitative estimate of drug-likeness (QED) is 0.749. The van der Waals surface area contributed by atoms with Crippen molar-refractivity contribution < 1.29 is 0 Å². The van der Waals surface area contributed by atoms with Gasteiger partial charge < -0.3 is 5.32 Å². The highest BCUT2D eigenvalue weighted by Gasteiger charge is 2.29. The fourth-order valence-corrected chi connectivity index (χ4v) is 2.70. The molecule has 1 aliphatic rings. The maximum atomic E-state index is 3.62. The first kappa shape index (κ1) is 14.0. The molecule has 0 aromatic rings. The maximum absolute atomic E-state index is 3.62. The molecule has 1 N–H and O–H groups in total. The van der Waals surface area contributed by atoms with Crippen molar-refractivity contribution in [3.63, 3.8) is 0 Å². The van der Waals surface area contributed by atoms with Gasteiger partial charge in [0.15, 0.2) is 0 Å². The maximum Gasteiger partial charge on any atom is 0.0246 e. The molecular formula is C14H30N2. The summed E-state index contributed by atoms with van der Waals surface area (Å²) in [6.45, 7) is 15.2. The molecule has 0 bridgehead atoms. The van der Waals surface area contributed by atoms with E-state index in [0.29, 0.717) is 0 Å². The molecule has 16 heavy (non-hydrogen) atoms. The van der Waals surface area contributed by atoms with Crippen LogP contribution in [0.25, 0.3) is 0 Å². The molecule has 2 heteroatoms. The van der Waals surface area contributed by atoms with Gasteiger partial charge in [-0.2, -0.15) is 0 Å². The van der Waals surface area contributed by atoms with Gasteiger partial charge in [0.2, 0.25) is 0 Å². The predicted octanol–water partition coefficient (Wildman–Crippen LogP) is 2.74. The van der Waals surface area contributed by atoms with Crippen molar-refractivity contribution in [1.29, 1.82) is 0 Å². The van der Waals surface area contributed by atoms with Crippen LogP contribution in [0.3, 0.4) is 0 Å². The first-order valence-corrected chi connectivity index (χ1v) is 6.98. The molecule has 0 aromatic heterocycles. The van der Waals surface area contributed by atoms with Crippen LogP contribution in [0.1, 0.15) is 47.5 Å². The summed E-state index contributed by atoms with van der Waals surface area (Å²) in [5.41, 5.74) is 0. The number of nitrogens with one attached hydrogen (secondary N) is 1. The third-order valence-corrected chi connectivity index (χ3v) is 3.71. The SMILES string of the molecule is CC(C)CNCC(C(C)C)N1CCCC1C. The number of hydrogen-bond acceptors (Lipinski definition) is 2. The van der Waals surface area contributed by atoms with Crippen molar-refractivity contribution in [2.75, 3.05) is 19.6 Å². The third kappa shape index (κ3) is 4.06. The Morgan fingerprint density at radius 3 is 2.31 bits per heavy atom. The van der Waals surface area contributed by atoms with Crippen LogP contribution in [0.15, 0.2) is 0 Å². The lowest BCUT2D eigenvalue weighted by atomic mass is 10.0. The fourth-order valence-electron chi connectivity index (χ4n) is 2.70. The molecule has 0 aromatic carbocycles. The molecule has 0 saturated carbocycles. The third-order valence-electron chi connectivity index (χ3n) is 3.71. The van der Waals surface area contributed by atoms with E-state index in [4.69, 9.17) is 0 Å². The Labute approximate surface area is 102 Å². The summed E-state index contributed by atoms with van der Waals surface area (Å²) in [5.74, 6) is 1.50. The first-order valence-electron chi connectivity index (χ1n) is 6.98. The Hall–Kier alpha value is -0.0800. The van der Waals surface area contributed by atoms with E-state index in [9.17, 15) is 0 Å². The van der Waals surface area contributed by atoms with Crippen molar-refractivity contribution >= 4 is 0 Å². The summed E-state index contributed by atoms with van der Waals surface area (Å²) in [5, 5.41) is 3.62. The predicted molar refractivity (Wildman–Crippen MR) is 71.7 cm³/mol. The Morgan fingerprint density at radius 1 is 1.19 bits per heavy atom. The molecule has 0 radical (unpaired) electrons. The van der Waals surface area contributed by atoms with Gasteiger partial charge in [-0.3, -0.25) is 4.90 Å². The van der Waals surface area contributed by atoms with E-state index in [1.165, 1.54) is 19.4 Å². The average molecular weight is 226 g/mol. The molecule has 1 aliphatic heterocycles. The Kier molecular flexibility index (Phi) is 5.77. The lowest BCUT2D eigenvalue weighted by molar-refractivity contribution is 0.145. The second kappa shape index (κ2) is 6.61. The monoisotopic (exact) mass is 226 g/mol. The Bertz CT molecular complexity index is 189. The minimum absolute atomic E-state index is 0.719. The highest BCUT2D eigenvalue weighted by Crippen LogP contribution is 2.22. The van der Waals surface area contributed by atoms with Gasteiger partial charge in [-0.25, -0.2) is 0 Å². The van der Waals surface area contributed by atoms with Crippen LogP contribution in [0.4, 0.5) is 0 Å². The second-order valence-electron chi connectivity index (χ2n) is 6.09. The molecule has 1 saturated heterocycles. The van der Waals surface area contributed by atoms with Gasteiger partial charge in [0.1, 0.15) is 0 Å². The Morgan fingerprint density at radius 2 is 1.88 bits per heavy atom. The van der Waals surface area contributed by atoms with Crippen LogP contribution in [0.2, 0.25) is 0 Å². The second-order valence-corrected chi connectivity index (χ2v) is 6.09. The van der Waals surface area contributed by atoms with E-state index in [2.05, 4.69) is 44.8 Å². The zero-order chi connectivity index (χ0) is 12.1. The zero-order valence-electron chi connectivity index (χ0n) is 11.8. The van der Waals surface area contributed by atoms with Gasteiger partial charge in [0, 0.05) is 18.6 Å². The number of likely N-dealkylation sites (tertiary alicyclic amines) is 1. The van der Waals surface area contributed by atoms with Gasteiger partial charge in [-0.1, -0.05) is 27.7 Å². The smallest absolute Gasteiger partial charge is 0.0246 e. The summed E-state index contributed by atoms with van der Waals surface area (Å²) in [7, 11) is 0. The highest BCUT2D eigenvalue weighted by atomic mass is 15.2. The molecule has 1 rings (SSSR count). The zero-order valence-corrected chi connectivity index (χ0v) is 11.8. The van der Waals surface area contributed by atoms with E-state index >= 15 is 0 Å². The average Bonchev–Trinajstić information content (AvgIpc) is 2.58. The van der Waals surface area contributed by atoms with E-state index < -0.39 is 0 Å². The van der Waals surface area contributed by atoms with Gasteiger partial charge in [0.25, 0.3) is 0 Å². The van der Waals surface area contributed by atoms with Crippen LogP contribution in [0.5, 0.6) is 0 Å². The molecule has 0 spiro atoms. The van der Waals surface area contributed by atoms with E-state index in [1.807, 2.05) is 0 Å². The van der Waals surface area contributed by atoms with Gasteiger partial charge >= 0.3 is 0 Å². The van der Waals surface area contributed by atoms with E-state index in [0.717, 1.165) is 37.0 Å². The van der Waals surface area contributed by atoms with Crippen LogP contribution in [-0.2, 0) is 0 Å². The largest absolute Gasteiger partial charge is 0.315 e. The van der Waals surface area contributed by atoms with Crippen LogP contribution >= 0.6 is 0 Å². The normalized spacial score (nSPS) is 24.6. The molecule has 2 unspecified atom stereocenters. The van der Waals surface area contributed by atoms with Crippen molar-refractivity contribution in [3.05, 3.63) is 0 Å². The molecule has 1 fully saturated rings. The first-order chi connectivity index (χ1) is 7.52. The van der Waals surface area contributed by atoms with Crippen molar-refractivity contribution in [2.24, 2.45) is 11.8 Å². The molecular weight excluding hydrogens is 196 g/mol. The van der Waals surface area contributed by atoms with Crippen molar-refractivity contribution in [2.45, 2.75) is 59.5 Å². The fraction of sp³-hybridized carbons (Fsp3) is 1.00. The number of nitrogens with zero attached hydrogens (tertiary/aromatic N) is 1. The summed E-state index contributed by atoms with van der Waals surface area (Å²) >= 11 is 0. The van der Waals surface area contributed by atoms with Gasteiger partial charge in [0.05, 0.1) is 0 Å². The van der Waals surface area contributed by atoms with E-state index in [-0.39, 0.29) is 0 Å². The van der Waals surface area contributed by atoms with Crippen LogP contribution in [0, 0.1) is 11.8 Å². The molecule has 0 amide bonds. The van der Waals surface area contributed by atoms with Crippen LogP contribution < -0.4 is 5.32 Å². The molecule has 1 heterocycles. The number of rotatable bonds is 6. The molecule has 2 atom stereocenters. The highest BCUT2D eigenvalue weighted by molar-refractivity contribution is 4.85. The summed E-state index contributed by atoms with van der Waals surface area (Å²) in [4.78, 5) is 2.71. The number of hydrogen-bond donors (Lipinski definition) is 1. The molecule has 2 nitrogen and oxygen atoms in total. The lowest BCUT2D eigenvalue weighted by Crippen LogP contribution is -2.47. The minimum atomic E-state index is 0.719. The molecule has 0 aliphatic carbocycles. The standard InChI is InChI=1S/C14H30N2/c1-11(2)9-15-10-14(12(3)4)16-8-6-7-13(16)5/h11-15H,6-10H2,1-5H3. The van der Waals surface area contributed by atoms with Gasteiger partial charge in [-0.05, 0) is 44.7 Å². The summed E-state index contributed by atoms with van der Waals surface area (Å²) < 4.78 is 0.